The van der Waals surface area contributed by atoms with Crippen LogP contribution in [0, 0.1) is 3.57 Å². The maximum Gasteiger partial charge on any atom is 0.410 e. The molecule has 1 unspecified atom stereocenters. The smallest absolute Gasteiger partial charge is 0.410 e. The Bertz CT molecular complexity index is 1040. The third-order valence-corrected chi connectivity index (χ3v) is 6.09. The largest absolute Gasteiger partial charge is 0.444 e. The third kappa shape index (κ3) is 4.53. The number of hydrogen-bond donors (Lipinski definition) is 1. The Labute approximate surface area is 191 Å². The number of hydrogen-bond acceptors (Lipinski definition) is 3. The first-order valence-corrected chi connectivity index (χ1v) is 11.3. The van der Waals surface area contributed by atoms with Crippen molar-refractivity contribution >= 4 is 28.7 Å². The van der Waals surface area contributed by atoms with E-state index in [0.717, 1.165) is 29.9 Å². The molecule has 6 heteroatoms. The van der Waals surface area contributed by atoms with E-state index < -0.39 is 5.60 Å². The number of amides is 1. The summed E-state index contributed by atoms with van der Waals surface area (Å²) in [6.07, 6.45) is 3.41. The van der Waals surface area contributed by atoms with Gasteiger partial charge in [-0.15, -0.1) is 0 Å². The van der Waals surface area contributed by atoms with E-state index in [2.05, 4.69) is 75.0 Å². The van der Waals surface area contributed by atoms with Crippen molar-refractivity contribution in [1.29, 1.82) is 0 Å². The molecule has 0 bridgehead atoms. The summed E-state index contributed by atoms with van der Waals surface area (Å²) in [5.74, 6) is 0.813. The third-order valence-electron chi connectivity index (χ3n) is 5.15. The molecule has 30 heavy (non-hydrogen) atoms. The molecule has 1 N–H and O–H groups in total. The zero-order valence-electron chi connectivity index (χ0n) is 17.5. The SMILES string of the molecule is CC(C)(C)OC(=O)N1CCCC1c1ncc(-c2ccc(I)c(-c3ccccc3)c2)[nH]1. The maximum atomic E-state index is 12.6. The summed E-state index contributed by atoms with van der Waals surface area (Å²) in [5.41, 5.74) is 3.91. The molecule has 1 amide bonds. The Balaban J connectivity index is 1.59. The zero-order valence-corrected chi connectivity index (χ0v) is 19.6. The lowest BCUT2D eigenvalue weighted by Gasteiger charge is -2.27. The van der Waals surface area contributed by atoms with E-state index in [1.807, 2.05) is 33.0 Å². The van der Waals surface area contributed by atoms with Crippen molar-refractivity contribution in [2.45, 2.75) is 45.3 Å². The Morgan fingerprint density at radius 3 is 2.67 bits per heavy atom. The standard InChI is InChI=1S/C24H26IN3O2/c1-24(2,3)30-23(29)28-13-7-10-21(28)22-26-15-20(27-22)17-11-12-19(25)18(14-17)16-8-5-4-6-9-16/h4-6,8-9,11-12,14-15,21H,7,10,13H2,1-3H3,(H,26,27). The van der Waals surface area contributed by atoms with Crippen molar-refractivity contribution in [1.82, 2.24) is 14.9 Å². The van der Waals surface area contributed by atoms with Crippen molar-refractivity contribution in [3.63, 3.8) is 0 Å². The van der Waals surface area contributed by atoms with E-state index in [0.29, 0.717) is 6.54 Å². The molecule has 0 radical (unpaired) electrons. The number of benzene rings is 2. The summed E-state index contributed by atoms with van der Waals surface area (Å²) in [6, 6.07) is 16.7. The van der Waals surface area contributed by atoms with Crippen molar-refractivity contribution in [2.24, 2.45) is 0 Å². The van der Waals surface area contributed by atoms with E-state index >= 15 is 0 Å². The first kappa shape index (κ1) is 20.9. The minimum atomic E-state index is -0.506. The molecule has 1 aromatic heterocycles. The summed E-state index contributed by atoms with van der Waals surface area (Å²) in [5, 5.41) is 0. The molecule has 0 aliphatic carbocycles. The molecule has 5 nitrogen and oxygen atoms in total. The van der Waals surface area contributed by atoms with Crippen molar-refractivity contribution < 1.29 is 9.53 Å². The van der Waals surface area contributed by atoms with Crippen LogP contribution in [0.1, 0.15) is 45.5 Å². The van der Waals surface area contributed by atoms with Crippen LogP contribution in [0.5, 0.6) is 0 Å². The average Bonchev–Trinajstić information content (AvgIpc) is 3.37. The number of H-pyrrole nitrogens is 1. The molecular formula is C24H26IN3O2. The fourth-order valence-corrected chi connectivity index (χ4v) is 4.42. The van der Waals surface area contributed by atoms with Crippen LogP contribution in [0.3, 0.4) is 0 Å². The summed E-state index contributed by atoms with van der Waals surface area (Å²) >= 11 is 2.37. The molecule has 4 rings (SSSR count). The van der Waals surface area contributed by atoms with E-state index in [9.17, 15) is 4.79 Å². The number of rotatable bonds is 3. The van der Waals surface area contributed by atoms with Gasteiger partial charge >= 0.3 is 6.09 Å². The second kappa shape index (κ2) is 8.41. The van der Waals surface area contributed by atoms with Gasteiger partial charge in [0, 0.05) is 15.7 Å². The number of imidazole rings is 1. The van der Waals surface area contributed by atoms with Gasteiger partial charge < -0.3 is 9.72 Å². The van der Waals surface area contributed by atoms with Crippen LogP contribution in [0.2, 0.25) is 0 Å². The highest BCUT2D eigenvalue weighted by Gasteiger charge is 2.34. The molecule has 3 aromatic rings. The first-order chi connectivity index (χ1) is 14.3. The van der Waals surface area contributed by atoms with Gasteiger partial charge in [0.05, 0.1) is 17.9 Å². The van der Waals surface area contributed by atoms with Gasteiger partial charge in [0.25, 0.3) is 0 Å². The molecule has 2 aromatic carbocycles. The monoisotopic (exact) mass is 515 g/mol. The number of likely N-dealkylation sites (tertiary alicyclic amines) is 1. The van der Waals surface area contributed by atoms with E-state index in [4.69, 9.17) is 4.74 Å². The van der Waals surface area contributed by atoms with Crippen LogP contribution in [-0.4, -0.2) is 33.1 Å². The molecule has 156 valence electrons. The van der Waals surface area contributed by atoms with E-state index in [1.54, 1.807) is 4.90 Å². The number of nitrogens with zero attached hydrogens (tertiary/aromatic N) is 2. The highest BCUT2D eigenvalue weighted by molar-refractivity contribution is 14.1. The minimum Gasteiger partial charge on any atom is -0.444 e. The molecule has 0 spiro atoms. The number of nitrogens with one attached hydrogen (secondary N) is 1. The van der Waals surface area contributed by atoms with Gasteiger partial charge in [-0.05, 0) is 79.5 Å². The second-order valence-electron chi connectivity index (χ2n) is 8.57. The lowest BCUT2D eigenvalue weighted by molar-refractivity contribution is 0.0219. The fraction of sp³-hybridized carbons (Fsp3) is 0.333. The number of halogens is 1. The van der Waals surface area contributed by atoms with Crippen LogP contribution in [0.4, 0.5) is 4.79 Å². The molecule has 1 fully saturated rings. The average molecular weight is 515 g/mol. The van der Waals surface area contributed by atoms with Crippen LogP contribution >= 0.6 is 22.6 Å². The Hall–Kier alpha value is -2.35. The topological polar surface area (TPSA) is 58.2 Å². The predicted molar refractivity (Wildman–Crippen MR) is 127 cm³/mol. The molecule has 1 aliphatic rings. The van der Waals surface area contributed by atoms with Crippen LogP contribution < -0.4 is 0 Å². The number of aromatic nitrogens is 2. The van der Waals surface area contributed by atoms with Crippen molar-refractivity contribution in [2.75, 3.05) is 6.54 Å². The second-order valence-corrected chi connectivity index (χ2v) is 9.74. The van der Waals surface area contributed by atoms with Gasteiger partial charge in [0.15, 0.2) is 0 Å². The lowest BCUT2D eigenvalue weighted by Crippen LogP contribution is -2.36. The Morgan fingerprint density at radius 1 is 1.17 bits per heavy atom. The molecule has 1 atom stereocenters. The highest BCUT2D eigenvalue weighted by atomic mass is 127. The highest BCUT2D eigenvalue weighted by Crippen LogP contribution is 2.34. The van der Waals surface area contributed by atoms with Gasteiger partial charge in [0.1, 0.15) is 11.4 Å². The van der Waals surface area contributed by atoms with Crippen LogP contribution in [-0.2, 0) is 4.74 Å². The molecule has 2 heterocycles. The van der Waals surface area contributed by atoms with Crippen molar-refractivity contribution in [3.05, 3.63) is 64.1 Å². The maximum absolute atomic E-state index is 12.6. The van der Waals surface area contributed by atoms with Gasteiger partial charge in [-0.2, -0.15) is 0 Å². The lowest BCUT2D eigenvalue weighted by atomic mass is 10.0. The predicted octanol–water partition coefficient (Wildman–Crippen LogP) is 6.42. The van der Waals surface area contributed by atoms with Crippen LogP contribution in [0.15, 0.2) is 54.7 Å². The number of ether oxygens (including phenoxy) is 1. The minimum absolute atomic E-state index is 0.0777. The zero-order chi connectivity index (χ0) is 21.3. The summed E-state index contributed by atoms with van der Waals surface area (Å²) < 4.78 is 6.79. The first-order valence-electron chi connectivity index (χ1n) is 10.2. The molecule has 1 aliphatic heterocycles. The van der Waals surface area contributed by atoms with Gasteiger partial charge in [-0.1, -0.05) is 36.4 Å². The summed E-state index contributed by atoms with van der Waals surface area (Å²) in [4.78, 5) is 22.5. The number of aromatic amines is 1. The molecule has 0 saturated carbocycles. The molecule has 1 saturated heterocycles. The van der Waals surface area contributed by atoms with Crippen molar-refractivity contribution in [3.8, 4) is 22.4 Å². The quantitative estimate of drug-likeness (QED) is 0.410. The van der Waals surface area contributed by atoms with E-state index in [1.165, 1.54) is 14.7 Å². The fourth-order valence-electron chi connectivity index (χ4n) is 3.77. The molecular weight excluding hydrogens is 489 g/mol. The summed E-state index contributed by atoms with van der Waals surface area (Å²) in [6.45, 7) is 6.36. The number of carbonyl (C=O) groups is 1. The van der Waals surface area contributed by atoms with Gasteiger partial charge in [0.2, 0.25) is 0 Å². The van der Waals surface area contributed by atoms with Crippen LogP contribution in [0.25, 0.3) is 22.4 Å². The normalized spacial score (nSPS) is 16.7. The van der Waals surface area contributed by atoms with Gasteiger partial charge in [-0.3, -0.25) is 4.90 Å². The van der Waals surface area contributed by atoms with Gasteiger partial charge in [-0.25, -0.2) is 9.78 Å². The summed E-state index contributed by atoms with van der Waals surface area (Å²) in [7, 11) is 0. The van der Waals surface area contributed by atoms with E-state index in [-0.39, 0.29) is 12.1 Å². The number of carbonyl (C=O) groups excluding carboxylic acids is 1. The Morgan fingerprint density at radius 2 is 1.93 bits per heavy atom. The Kier molecular flexibility index (Phi) is 5.86.